The van der Waals surface area contributed by atoms with Crippen molar-refractivity contribution < 1.29 is 9.72 Å². The van der Waals surface area contributed by atoms with Crippen molar-refractivity contribution in [2.75, 3.05) is 0 Å². The van der Waals surface area contributed by atoms with Gasteiger partial charge in [-0.2, -0.15) is 0 Å². The second kappa shape index (κ2) is 6.49. The van der Waals surface area contributed by atoms with Crippen molar-refractivity contribution in [1.29, 1.82) is 0 Å². The van der Waals surface area contributed by atoms with E-state index in [2.05, 4.69) is 21.2 Å². The van der Waals surface area contributed by atoms with E-state index in [0.29, 0.717) is 4.47 Å². The molecular formula is C12H15BrN2O3. The summed E-state index contributed by atoms with van der Waals surface area (Å²) >= 11 is 3.23. The van der Waals surface area contributed by atoms with Crippen LogP contribution in [0.3, 0.4) is 0 Å². The molecule has 0 spiro atoms. The van der Waals surface area contributed by atoms with Gasteiger partial charge < -0.3 is 5.32 Å². The summed E-state index contributed by atoms with van der Waals surface area (Å²) in [5.74, 6) is -0.300. The molecule has 0 aromatic heterocycles. The van der Waals surface area contributed by atoms with Crippen LogP contribution in [0.25, 0.3) is 0 Å². The van der Waals surface area contributed by atoms with E-state index in [4.69, 9.17) is 0 Å². The number of rotatable bonds is 5. The molecule has 0 bridgehead atoms. The lowest BCUT2D eigenvalue weighted by Gasteiger charge is -2.13. The summed E-state index contributed by atoms with van der Waals surface area (Å²) in [5, 5.41) is 13.5. The standard InChI is InChI=1S/C12H15BrN2O3/c1-3-4-8(2)14-12(16)10-7-9(15(17)18)5-6-11(10)13/h5-8H,3-4H2,1-2H3,(H,14,16). The Morgan fingerprint density at radius 2 is 2.22 bits per heavy atom. The number of hydrogen-bond acceptors (Lipinski definition) is 3. The van der Waals surface area contributed by atoms with E-state index < -0.39 is 4.92 Å². The summed E-state index contributed by atoms with van der Waals surface area (Å²) < 4.78 is 0.550. The normalized spacial score (nSPS) is 11.9. The monoisotopic (exact) mass is 314 g/mol. The molecule has 98 valence electrons. The van der Waals surface area contributed by atoms with Gasteiger partial charge in [0.2, 0.25) is 0 Å². The molecule has 1 amide bonds. The fourth-order valence-electron chi connectivity index (χ4n) is 1.61. The Hall–Kier alpha value is -1.43. The molecule has 5 nitrogen and oxygen atoms in total. The molecule has 0 fully saturated rings. The maximum Gasteiger partial charge on any atom is 0.270 e. The molecule has 0 aliphatic rings. The highest BCUT2D eigenvalue weighted by molar-refractivity contribution is 9.10. The number of nitro groups is 1. The molecule has 1 atom stereocenters. The quantitative estimate of drug-likeness (QED) is 0.669. The number of nitrogens with zero attached hydrogens (tertiary/aromatic N) is 1. The number of nitro benzene ring substituents is 1. The van der Waals surface area contributed by atoms with Crippen LogP contribution in [-0.2, 0) is 0 Å². The van der Waals surface area contributed by atoms with Gasteiger partial charge in [0.1, 0.15) is 0 Å². The Balaban J connectivity index is 2.91. The largest absolute Gasteiger partial charge is 0.350 e. The van der Waals surface area contributed by atoms with Crippen LogP contribution < -0.4 is 5.32 Å². The highest BCUT2D eigenvalue weighted by Crippen LogP contribution is 2.22. The molecule has 1 unspecified atom stereocenters. The highest BCUT2D eigenvalue weighted by atomic mass is 79.9. The van der Waals surface area contributed by atoms with Crippen molar-refractivity contribution in [1.82, 2.24) is 5.32 Å². The van der Waals surface area contributed by atoms with Crippen molar-refractivity contribution >= 4 is 27.5 Å². The van der Waals surface area contributed by atoms with Crippen LogP contribution >= 0.6 is 15.9 Å². The molecule has 6 heteroatoms. The molecule has 0 aliphatic heterocycles. The zero-order chi connectivity index (χ0) is 13.7. The van der Waals surface area contributed by atoms with Gasteiger partial charge in [0.25, 0.3) is 11.6 Å². The van der Waals surface area contributed by atoms with E-state index in [1.54, 1.807) is 0 Å². The maximum atomic E-state index is 12.0. The molecule has 1 aromatic carbocycles. The third kappa shape index (κ3) is 3.80. The Kier molecular flexibility index (Phi) is 5.27. The minimum atomic E-state index is -0.515. The minimum absolute atomic E-state index is 0.0497. The van der Waals surface area contributed by atoms with Crippen LogP contribution in [0.1, 0.15) is 37.0 Å². The average molecular weight is 315 g/mol. The summed E-state index contributed by atoms with van der Waals surface area (Å²) in [5.41, 5.74) is 0.193. The van der Waals surface area contributed by atoms with Crippen molar-refractivity contribution in [3.8, 4) is 0 Å². The Morgan fingerprint density at radius 3 is 2.78 bits per heavy atom. The van der Waals surface area contributed by atoms with Crippen LogP contribution in [0.4, 0.5) is 5.69 Å². The smallest absolute Gasteiger partial charge is 0.270 e. The molecular weight excluding hydrogens is 300 g/mol. The summed E-state index contributed by atoms with van der Waals surface area (Å²) in [6.07, 6.45) is 1.84. The lowest BCUT2D eigenvalue weighted by molar-refractivity contribution is -0.384. The summed E-state index contributed by atoms with van der Waals surface area (Å²) in [6.45, 7) is 3.94. The van der Waals surface area contributed by atoms with Gasteiger partial charge in [0.05, 0.1) is 10.5 Å². The molecule has 0 saturated carbocycles. The molecule has 18 heavy (non-hydrogen) atoms. The van der Waals surface area contributed by atoms with Gasteiger partial charge in [0, 0.05) is 22.6 Å². The van der Waals surface area contributed by atoms with Gasteiger partial charge in [-0.05, 0) is 35.3 Å². The Morgan fingerprint density at radius 1 is 1.56 bits per heavy atom. The first-order chi connectivity index (χ1) is 8.45. The number of benzene rings is 1. The van der Waals surface area contributed by atoms with Crippen molar-refractivity contribution in [3.63, 3.8) is 0 Å². The lowest BCUT2D eigenvalue weighted by atomic mass is 10.1. The minimum Gasteiger partial charge on any atom is -0.350 e. The molecule has 0 saturated heterocycles. The van der Waals surface area contributed by atoms with Gasteiger partial charge in [0.15, 0.2) is 0 Å². The van der Waals surface area contributed by atoms with Crippen molar-refractivity contribution in [2.24, 2.45) is 0 Å². The van der Waals surface area contributed by atoms with Gasteiger partial charge in [-0.3, -0.25) is 14.9 Å². The molecule has 0 heterocycles. The predicted molar refractivity (Wildman–Crippen MR) is 72.6 cm³/mol. The third-order valence-electron chi connectivity index (χ3n) is 2.50. The molecule has 1 rings (SSSR count). The number of non-ortho nitro benzene ring substituents is 1. The van der Waals surface area contributed by atoms with Crippen LogP contribution in [0.2, 0.25) is 0 Å². The van der Waals surface area contributed by atoms with Crippen molar-refractivity contribution in [3.05, 3.63) is 38.3 Å². The zero-order valence-electron chi connectivity index (χ0n) is 10.3. The lowest BCUT2D eigenvalue weighted by Crippen LogP contribution is -2.32. The molecule has 1 aromatic rings. The fourth-order valence-corrected chi connectivity index (χ4v) is 2.03. The molecule has 1 N–H and O–H groups in total. The van der Waals surface area contributed by atoms with Crippen LogP contribution in [0.15, 0.2) is 22.7 Å². The third-order valence-corrected chi connectivity index (χ3v) is 3.20. The Bertz CT molecular complexity index is 463. The Labute approximate surface area is 114 Å². The van der Waals surface area contributed by atoms with Gasteiger partial charge in [-0.25, -0.2) is 0 Å². The second-order valence-corrected chi connectivity index (χ2v) is 4.94. The zero-order valence-corrected chi connectivity index (χ0v) is 11.9. The van der Waals surface area contributed by atoms with E-state index in [1.165, 1.54) is 18.2 Å². The average Bonchev–Trinajstić information content (AvgIpc) is 2.29. The molecule has 0 aliphatic carbocycles. The first-order valence-electron chi connectivity index (χ1n) is 5.70. The van der Waals surface area contributed by atoms with E-state index in [-0.39, 0.29) is 23.2 Å². The SMILES string of the molecule is CCCC(C)NC(=O)c1cc([N+](=O)[O-])ccc1Br. The summed E-state index contributed by atoms with van der Waals surface area (Å²) in [7, 11) is 0. The summed E-state index contributed by atoms with van der Waals surface area (Å²) in [4.78, 5) is 22.1. The summed E-state index contributed by atoms with van der Waals surface area (Å²) in [6, 6.07) is 4.19. The fraction of sp³-hybridized carbons (Fsp3) is 0.417. The predicted octanol–water partition coefficient (Wildman–Crippen LogP) is 3.28. The number of carbonyl (C=O) groups is 1. The number of halogens is 1. The van der Waals surface area contributed by atoms with Gasteiger partial charge in [-0.15, -0.1) is 0 Å². The van der Waals surface area contributed by atoms with Gasteiger partial charge >= 0.3 is 0 Å². The van der Waals surface area contributed by atoms with Crippen molar-refractivity contribution in [2.45, 2.75) is 32.7 Å². The number of hydrogen-bond donors (Lipinski definition) is 1. The van der Waals surface area contributed by atoms with E-state index in [1.807, 2.05) is 13.8 Å². The number of amides is 1. The van der Waals surface area contributed by atoms with E-state index in [0.717, 1.165) is 12.8 Å². The maximum absolute atomic E-state index is 12.0. The second-order valence-electron chi connectivity index (χ2n) is 4.08. The first kappa shape index (κ1) is 14.6. The molecule has 0 radical (unpaired) electrons. The number of carbonyl (C=O) groups excluding carboxylic acids is 1. The highest BCUT2D eigenvalue weighted by Gasteiger charge is 2.16. The van der Waals surface area contributed by atoms with Crippen LogP contribution in [0.5, 0.6) is 0 Å². The van der Waals surface area contributed by atoms with Crippen LogP contribution in [0, 0.1) is 10.1 Å². The number of nitrogens with one attached hydrogen (secondary N) is 1. The van der Waals surface area contributed by atoms with Crippen LogP contribution in [-0.4, -0.2) is 16.9 Å². The van der Waals surface area contributed by atoms with E-state index in [9.17, 15) is 14.9 Å². The topological polar surface area (TPSA) is 72.2 Å². The van der Waals surface area contributed by atoms with E-state index >= 15 is 0 Å². The van der Waals surface area contributed by atoms with Gasteiger partial charge in [-0.1, -0.05) is 13.3 Å². The first-order valence-corrected chi connectivity index (χ1v) is 6.49.